The van der Waals surface area contributed by atoms with E-state index in [0.717, 1.165) is 16.9 Å². The minimum absolute atomic E-state index is 0.252. The van der Waals surface area contributed by atoms with Gasteiger partial charge >= 0.3 is 0 Å². The predicted molar refractivity (Wildman–Crippen MR) is 85.0 cm³/mol. The molecular formula is C13H17NO2S3. The molecule has 0 aliphatic carbocycles. The van der Waals surface area contributed by atoms with Gasteiger partial charge in [0, 0.05) is 23.7 Å². The number of benzene rings is 1. The molecule has 1 aromatic heterocycles. The molecule has 0 aliphatic heterocycles. The third-order valence-electron chi connectivity index (χ3n) is 2.66. The number of fused-ring (bicyclic) bond motifs is 1. The Morgan fingerprint density at radius 2 is 2.11 bits per heavy atom. The van der Waals surface area contributed by atoms with Crippen LogP contribution in [-0.2, 0) is 16.3 Å². The van der Waals surface area contributed by atoms with Gasteiger partial charge in [0.2, 0.25) is 0 Å². The maximum Gasteiger partial charge on any atom is 0.148 e. The minimum Gasteiger partial charge on any atom is -0.241 e. The fourth-order valence-corrected chi connectivity index (χ4v) is 5.19. The van der Waals surface area contributed by atoms with E-state index in [0.29, 0.717) is 11.0 Å². The first kappa shape index (κ1) is 14.8. The highest BCUT2D eigenvalue weighted by Gasteiger charge is 2.10. The summed E-state index contributed by atoms with van der Waals surface area (Å²) in [7, 11) is -2.85. The van der Waals surface area contributed by atoms with Crippen molar-refractivity contribution in [3.05, 3.63) is 29.3 Å². The minimum atomic E-state index is -2.85. The van der Waals surface area contributed by atoms with E-state index in [1.54, 1.807) is 23.1 Å². The topological polar surface area (TPSA) is 47.0 Å². The number of sulfone groups is 1. The molecule has 0 saturated carbocycles. The van der Waals surface area contributed by atoms with Crippen LogP contribution in [0.5, 0.6) is 0 Å². The zero-order valence-corrected chi connectivity index (χ0v) is 13.4. The molecule has 2 aromatic rings. The molecule has 3 nitrogen and oxygen atoms in total. The molecule has 0 spiro atoms. The van der Waals surface area contributed by atoms with E-state index in [2.05, 4.69) is 18.0 Å². The first-order chi connectivity index (χ1) is 8.94. The van der Waals surface area contributed by atoms with Crippen LogP contribution in [0.1, 0.15) is 11.9 Å². The number of aromatic nitrogens is 1. The Morgan fingerprint density at radius 3 is 2.79 bits per heavy atom. The lowest BCUT2D eigenvalue weighted by molar-refractivity contribution is 0.603. The number of nitrogens with zero attached hydrogens (tertiary/aromatic N) is 1. The van der Waals surface area contributed by atoms with Gasteiger partial charge < -0.3 is 0 Å². The maximum absolute atomic E-state index is 11.1. The van der Waals surface area contributed by atoms with Gasteiger partial charge in [-0.2, -0.15) is 11.8 Å². The Bertz CT molecular complexity index is 616. The monoisotopic (exact) mass is 315 g/mol. The van der Waals surface area contributed by atoms with Crippen LogP contribution in [-0.4, -0.2) is 36.4 Å². The Labute approximate surface area is 122 Å². The van der Waals surface area contributed by atoms with E-state index in [1.165, 1.54) is 11.0 Å². The lowest BCUT2D eigenvalue weighted by atomic mass is 10.3. The number of rotatable bonds is 6. The molecule has 19 heavy (non-hydrogen) atoms. The van der Waals surface area contributed by atoms with Gasteiger partial charge in [-0.25, -0.2) is 13.4 Å². The molecule has 0 radical (unpaired) electrons. The highest BCUT2D eigenvalue weighted by molar-refractivity contribution is 8.01. The van der Waals surface area contributed by atoms with E-state index in [-0.39, 0.29) is 5.75 Å². The van der Waals surface area contributed by atoms with Crippen molar-refractivity contribution in [3.8, 4) is 0 Å². The van der Waals surface area contributed by atoms with Gasteiger partial charge in [0.1, 0.15) is 9.84 Å². The summed E-state index contributed by atoms with van der Waals surface area (Å²) in [4.78, 5) is 4.60. The average molecular weight is 315 g/mol. The van der Waals surface area contributed by atoms with Gasteiger partial charge in [0.05, 0.1) is 21.0 Å². The second-order valence-electron chi connectivity index (χ2n) is 4.59. The number of hydrogen-bond donors (Lipinski definition) is 0. The molecular weight excluding hydrogens is 298 g/mol. The average Bonchev–Trinajstić information content (AvgIpc) is 2.68. The largest absolute Gasteiger partial charge is 0.241 e. The molecule has 0 aliphatic rings. The summed E-state index contributed by atoms with van der Waals surface area (Å²) in [6, 6.07) is 8.12. The first-order valence-corrected chi connectivity index (χ1v) is 10.0. The zero-order chi connectivity index (χ0) is 13.9. The van der Waals surface area contributed by atoms with Crippen molar-refractivity contribution in [2.75, 3.05) is 17.8 Å². The van der Waals surface area contributed by atoms with Gasteiger partial charge in [-0.15, -0.1) is 11.3 Å². The third kappa shape index (κ3) is 4.78. The molecule has 1 aromatic carbocycles. The lowest BCUT2D eigenvalue weighted by Gasteiger charge is -2.08. The smallest absolute Gasteiger partial charge is 0.148 e. The summed E-state index contributed by atoms with van der Waals surface area (Å²) in [5.74, 6) is 0.909. The van der Waals surface area contributed by atoms with Gasteiger partial charge in [0.25, 0.3) is 0 Å². The lowest BCUT2D eigenvalue weighted by Crippen LogP contribution is -2.09. The molecule has 0 fully saturated rings. The van der Waals surface area contributed by atoms with Crippen LogP contribution >= 0.6 is 23.1 Å². The van der Waals surface area contributed by atoms with Crippen LogP contribution in [0.15, 0.2) is 24.3 Å². The van der Waals surface area contributed by atoms with Crippen molar-refractivity contribution in [2.45, 2.75) is 18.6 Å². The van der Waals surface area contributed by atoms with Crippen molar-refractivity contribution >= 4 is 43.2 Å². The summed E-state index contributed by atoms with van der Waals surface area (Å²) < 4.78 is 23.3. The van der Waals surface area contributed by atoms with Crippen LogP contribution in [0.2, 0.25) is 0 Å². The van der Waals surface area contributed by atoms with Crippen LogP contribution < -0.4 is 0 Å². The standard InChI is InChI=1S/C13H17NO2S3/c1-10(17-7-8-19(2,15)16)9-13-14-11-5-3-4-6-12(11)18-13/h3-6,10H,7-9H2,1-2H3. The van der Waals surface area contributed by atoms with E-state index in [9.17, 15) is 8.42 Å². The fraction of sp³-hybridized carbons (Fsp3) is 0.462. The van der Waals surface area contributed by atoms with E-state index < -0.39 is 9.84 Å². The van der Waals surface area contributed by atoms with E-state index in [4.69, 9.17) is 0 Å². The van der Waals surface area contributed by atoms with Crippen molar-refractivity contribution < 1.29 is 8.42 Å². The molecule has 0 bridgehead atoms. The van der Waals surface area contributed by atoms with Crippen LogP contribution in [0, 0.1) is 0 Å². The normalized spacial score (nSPS) is 13.8. The molecule has 104 valence electrons. The summed E-state index contributed by atoms with van der Waals surface area (Å²) in [6.07, 6.45) is 2.18. The molecule has 0 amide bonds. The molecule has 1 heterocycles. The third-order valence-corrected chi connectivity index (χ3v) is 6.10. The van der Waals surface area contributed by atoms with Crippen molar-refractivity contribution in [1.82, 2.24) is 4.98 Å². The molecule has 2 rings (SSSR count). The van der Waals surface area contributed by atoms with Gasteiger partial charge in [-0.3, -0.25) is 0 Å². The summed E-state index contributed by atoms with van der Waals surface area (Å²) in [6.45, 7) is 2.12. The number of thiazole rings is 1. The maximum atomic E-state index is 11.1. The van der Waals surface area contributed by atoms with Gasteiger partial charge in [0.15, 0.2) is 0 Å². The number of thioether (sulfide) groups is 1. The number of para-hydroxylation sites is 1. The quantitative estimate of drug-likeness (QED) is 0.822. The fourth-order valence-electron chi connectivity index (χ4n) is 1.71. The van der Waals surface area contributed by atoms with Crippen molar-refractivity contribution in [1.29, 1.82) is 0 Å². The van der Waals surface area contributed by atoms with Gasteiger partial charge in [-0.1, -0.05) is 19.1 Å². The van der Waals surface area contributed by atoms with E-state index in [1.807, 2.05) is 18.2 Å². The Hall–Kier alpha value is -0.590. The van der Waals surface area contributed by atoms with Gasteiger partial charge in [-0.05, 0) is 12.1 Å². The summed E-state index contributed by atoms with van der Waals surface area (Å²) in [5, 5.41) is 1.52. The SMILES string of the molecule is CC(Cc1nc2ccccc2s1)SCCS(C)(=O)=O. The Balaban J connectivity index is 1.89. The second-order valence-corrected chi connectivity index (χ2v) is 9.51. The zero-order valence-electron chi connectivity index (χ0n) is 11.0. The Kier molecular flexibility index (Phi) is 4.86. The first-order valence-electron chi connectivity index (χ1n) is 6.08. The van der Waals surface area contributed by atoms with Crippen molar-refractivity contribution in [2.24, 2.45) is 0 Å². The summed E-state index contributed by atoms with van der Waals surface area (Å²) in [5.41, 5.74) is 1.05. The molecule has 6 heteroatoms. The highest BCUT2D eigenvalue weighted by Crippen LogP contribution is 2.25. The van der Waals surface area contributed by atoms with Crippen LogP contribution in [0.3, 0.4) is 0 Å². The Morgan fingerprint density at radius 1 is 1.37 bits per heavy atom. The van der Waals surface area contributed by atoms with Crippen molar-refractivity contribution in [3.63, 3.8) is 0 Å². The molecule has 1 atom stereocenters. The van der Waals surface area contributed by atoms with E-state index >= 15 is 0 Å². The molecule has 0 saturated heterocycles. The van der Waals surface area contributed by atoms with Crippen LogP contribution in [0.25, 0.3) is 10.2 Å². The second kappa shape index (κ2) is 6.24. The predicted octanol–water partition coefficient (Wildman–Crippen LogP) is 3.01. The molecule has 0 N–H and O–H groups in total. The highest BCUT2D eigenvalue weighted by atomic mass is 32.2. The van der Waals surface area contributed by atoms with Crippen LogP contribution in [0.4, 0.5) is 0 Å². The number of hydrogen-bond acceptors (Lipinski definition) is 5. The summed E-state index contributed by atoms with van der Waals surface area (Å²) >= 11 is 3.42. The molecule has 1 unspecified atom stereocenters.